The van der Waals surface area contributed by atoms with Crippen molar-refractivity contribution < 1.29 is 0 Å². The van der Waals surface area contributed by atoms with Crippen LogP contribution in [-0.4, -0.2) is 0 Å². The first-order chi connectivity index (χ1) is 6.15. The Balaban J connectivity index is 2.89. The van der Waals surface area contributed by atoms with Crippen molar-refractivity contribution in [3.63, 3.8) is 0 Å². The molecule has 0 aromatic heterocycles. The molecule has 1 atom stereocenters. The van der Waals surface area contributed by atoms with Gasteiger partial charge in [0.2, 0.25) is 0 Å². The molecule has 0 amide bonds. The van der Waals surface area contributed by atoms with Gasteiger partial charge < -0.3 is 5.73 Å². The van der Waals surface area contributed by atoms with E-state index in [-0.39, 0.29) is 6.04 Å². The lowest BCUT2D eigenvalue weighted by Gasteiger charge is -2.10. The van der Waals surface area contributed by atoms with Crippen molar-refractivity contribution in [2.75, 3.05) is 0 Å². The Bertz CT molecular complexity index is 307. The van der Waals surface area contributed by atoms with Crippen molar-refractivity contribution in [1.29, 1.82) is 0 Å². The molecule has 13 heavy (non-hydrogen) atoms. The number of hydrogen-bond acceptors (Lipinski definition) is 1. The molecule has 0 spiro atoms. The largest absolute Gasteiger partial charge is 0.324 e. The summed E-state index contributed by atoms with van der Waals surface area (Å²) in [5.74, 6) is 0. The Hall–Kier alpha value is -0.790. The average molecular weight is 196 g/mol. The first kappa shape index (κ1) is 10.3. The first-order valence-corrected chi connectivity index (χ1v) is 4.65. The van der Waals surface area contributed by atoms with Gasteiger partial charge in [-0.2, -0.15) is 0 Å². The molecule has 0 saturated carbocycles. The lowest BCUT2D eigenvalue weighted by atomic mass is 10.0. The summed E-state index contributed by atoms with van der Waals surface area (Å²) in [5, 5.41) is 0.775. The van der Waals surface area contributed by atoms with Crippen LogP contribution in [0.15, 0.2) is 30.9 Å². The highest BCUT2D eigenvalue weighted by atomic mass is 35.5. The van der Waals surface area contributed by atoms with E-state index in [0.29, 0.717) is 0 Å². The summed E-state index contributed by atoms with van der Waals surface area (Å²) in [6.07, 6.45) is 2.60. The van der Waals surface area contributed by atoms with Crippen LogP contribution in [-0.2, 0) is 0 Å². The number of halogens is 1. The van der Waals surface area contributed by atoms with Crippen molar-refractivity contribution in [2.24, 2.45) is 5.73 Å². The predicted octanol–water partition coefficient (Wildman–Crippen LogP) is 3.22. The van der Waals surface area contributed by atoms with Gasteiger partial charge in [0.25, 0.3) is 0 Å². The monoisotopic (exact) mass is 195 g/mol. The Morgan fingerprint density at radius 3 is 2.85 bits per heavy atom. The van der Waals surface area contributed by atoms with Gasteiger partial charge in [0, 0.05) is 11.1 Å². The van der Waals surface area contributed by atoms with Crippen LogP contribution in [0.3, 0.4) is 0 Å². The van der Waals surface area contributed by atoms with E-state index in [2.05, 4.69) is 6.58 Å². The molecule has 0 aliphatic rings. The van der Waals surface area contributed by atoms with E-state index in [4.69, 9.17) is 17.3 Å². The van der Waals surface area contributed by atoms with Crippen LogP contribution in [0.5, 0.6) is 0 Å². The zero-order valence-electron chi connectivity index (χ0n) is 7.76. The number of nitrogens with two attached hydrogens (primary N) is 1. The molecule has 0 bridgehead atoms. The van der Waals surface area contributed by atoms with E-state index in [0.717, 1.165) is 22.6 Å². The highest BCUT2D eigenvalue weighted by molar-refractivity contribution is 6.31. The molecule has 0 radical (unpaired) electrons. The minimum Gasteiger partial charge on any atom is -0.324 e. The van der Waals surface area contributed by atoms with Crippen LogP contribution in [0.1, 0.15) is 23.6 Å². The summed E-state index contributed by atoms with van der Waals surface area (Å²) in [7, 11) is 0. The molecule has 0 saturated heterocycles. The zero-order chi connectivity index (χ0) is 9.84. The summed E-state index contributed by atoms with van der Waals surface area (Å²) >= 11 is 5.98. The highest BCUT2D eigenvalue weighted by Gasteiger charge is 2.04. The van der Waals surface area contributed by atoms with Crippen molar-refractivity contribution in [3.05, 3.63) is 47.0 Å². The van der Waals surface area contributed by atoms with E-state index < -0.39 is 0 Å². The molecule has 0 fully saturated rings. The molecular weight excluding hydrogens is 182 g/mol. The SMILES string of the molecule is C=CC[C@@H](N)c1ccc(C)c(Cl)c1. The van der Waals surface area contributed by atoms with Gasteiger partial charge in [-0.25, -0.2) is 0 Å². The van der Waals surface area contributed by atoms with E-state index >= 15 is 0 Å². The van der Waals surface area contributed by atoms with Gasteiger partial charge in [-0.05, 0) is 30.5 Å². The number of hydrogen-bond donors (Lipinski definition) is 1. The van der Waals surface area contributed by atoms with Gasteiger partial charge in [0.15, 0.2) is 0 Å². The van der Waals surface area contributed by atoms with Gasteiger partial charge >= 0.3 is 0 Å². The van der Waals surface area contributed by atoms with Crippen molar-refractivity contribution >= 4 is 11.6 Å². The maximum atomic E-state index is 5.98. The normalized spacial score (nSPS) is 12.5. The molecule has 0 aliphatic carbocycles. The maximum absolute atomic E-state index is 5.98. The Kier molecular flexibility index (Phi) is 3.52. The highest BCUT2D eigenvalue weighted by Crippen LogP contribution is 2.21. The van der Waals surface area contributed by atoms with Crippen LogP contribution in [0.4, 0.5) is 0 Å². The van der Waals surface area contributed by atoms with E-state index in [1.807, 2.05) is 31.2 Å². The van der Waals surface area contributed by atoms with Gasteiger partial charge in [0.1, 0.15) is 0 Å². The Morgan fingerprint density at radius 1 is 1.62 bits per heavy atom. The number of benzene rings is 1. The summed E-state index contributed by atoms with van der Waals surface area (Å²) in [6, 6.07) is 5.93. The second kappa shape index (κ2) is 4.45. The van der Waals surface area contributed by atoms with Crippen LogP contribution >= 0.6 is 11.6 Å². The lowest BCUT2D eigenvalue weighted by Crippen LogP contribution is -2.08. The van der Waals surface area contributed by atoms with Crippen molar-refractivity contribution in [3.8, 4) is 0 Å². The lowest BCUT2D eigenvalue weighted by molar-refractivity contribution is 0.741. The van der Waals surface area contributed by atoms with Crippen LogP contribution in [0, 0.1) is 6.92 Å². The molecule has 0 unspecified atom stereocenters. The minimum absolute atomic E-state index is 0.00981. The number of rotatable bonds is 3. The summed E-state index contributed by atoms with van der Waals surface area (Å²) in [4.78, 5) is 0. The van der Waals surface area contributed by atoms with Gasteiger partial charge in [-0.1, -0.05) is 29.8 Å². The molecule has 70 valence electrons. The predicted molar refractivity (Wildman–Crippen MR) is 57.9 cm³/mol. The molecule has 1 aromatic carbocycles. The van der Waals surface area contributed by atoms with Crippen LogP contribution < -0.4 is 5.73 Å². The Morgan fingerprint density at radius 2 is 2.31 bits per heavy atom. The smallest absolute Gasteiger partial charge is 0.0438 e. The second-order valence-corrected chi connectivity index (χ2v) is 3.55. The topological polar surface area (TPSA) is 26.0 Å². The fourth-order valence-electron chi connectivity index (χ4n) is 1.16. The van der Waals surface area contributed by atoms with E-state index in [9.17, 15) is 0 Å². The minimum atomic E-state index is 0.00981. The molecule has 2 N–H and O–H groups in total. The molecule has 0 aliphatic heterocycles. The molecule has 1 rings (SSSR count). The van der Waals surface area contributed by atoms with Crippen LogP contribution in [0.25, 0.3) is 0 Å². The fourth-order valence-corrected chi connectivity index (χ4v) is 1.34. The third-order valence-corrected chi connectivity index (χ3v) is 2.45. The van der Waals surface area contributed by atoms with Crippen LogP contribution in [0.2, 0.25) is 5.02 Å². The molecule has 1 nitrogen and oxygen atoms in total. The quantitative estimate of drug-likeness (QED) is 0.737. The molecule has 1 aromatic rings. The first-order valence-electron chi connectivity index (χ1n) is 4.27. The standard InChI is InChI=1S/C11H14ClN/c1-3-4-11(13)9-6-5-8(2)10(12)7-9/h3,5-7,11H,1,4,13H2,2H3/t11-/m1/s1. The molecule has 0 heterocycles. The zero-order valence-corrected chi connectivity index (χ0v) is 8.51. The van der Waals surface area contributed by atoms with Gasteiger partial charge in [0.05, 0.1) is 0 Å². The summed E-state index contributed by atoms with van der Waals surface area (Å²) in [5.41, 5.74) is 8.04. The second-order valence-electron chi connectivity index (χ2n) is 3.14. The maximum Gasteiger partial charge on any atom is 0.0438 e. The Labute approximate surface area is 84.2 Å². The van der Waals surface area contributed by atoms with Crippen molar-refractivity contribution in [1.82, 2.24) is 0 Å². The average Bonchev–Trinajstić information content (AvgIpc) is 2.10. The van der Waals surface area contributed by atoms with E-state index in [1.165, 1.54) is 0 Å². The van der Waals surface area contributed by atoms with E-state index in [1.54, 1.807) is 0 Å². The summed E-state index contributed by atoms with van der Waals surface area (Å²) < 4.78 is 0. The summed E-state index contributed by atoms with van der Waals surface area (Å²) in [6.45, 7) is 5.63. The van der Waals surface area contributed by atoms with Crippen molar-refractivity contribution in [2.45, 2.75) is 19.4 Å². The van der Waals surface area contributed by atoms with Gasteiger partial charge in [-0.15, -0.1) is 6.58 Å². The van der Waals surface area contributed by atoms with Gasteiger partial charge in [-0.3, -0.25) is 0 Å². The third-order valence-electron chi connectivity index (χ3n) is 2.04. The molecule has 2 heteroatoms. The fraction of sp³-hybridized carbons (Fsp3) is 0.273. The number of aryl methyl sites for hydroxylation is 1. The third kappa shape index (κ3) is 2.58. The molecular formula is C11H14ClN.